The SMILES string of the molecule is Cc1noc([C@H]2CCN(C(=O)Cc3c(C)nn(-c4ccccc4)c3C)C2)n1. The van der Waals surface area contributed by atoms with E-state index in [1.54, 1.807) is 6.92 Å². The fourth-order valence-electron chi connectivity index (χ4n) is 3.68. The Bertz CT molecular complexity index is 960. The third-order valence-electron chi connectivity index (χ3n) is 5.20. The summed E-state index contributed by atoms with van der Waals surface area (Å²) < 4.78 is 7.18. The molecule has 7 heteroatoms. The van der Waals surface area contributed by atoms with Gasteiger partial charge in [0, 0.05) is 24.3 Å². The van der Waals surface area contributed by atoms with E-state index in [9.17, 15) is 4.79 Å². The van der Waals surface area contributed by atoms with Crippen molar-refractivity contribution in [2.45, 2.75) is 39.5 Å². The highest BCUT2D eigenvalue weighted by Crippen LogP contribution is 2.27. The Balaban J connectivity index is 1.48. The average molecular weight is 365 g/mol. The molecule has 2 aromatic heterocycles. The molecule has 3 heterocycles. The maximum Gasteiger partial charge on any atom is 0.231 e. The zero-order valence-electron chi connectivity index (χ0n) is 15.8. The zero-order valence-corrected chi connectivity index (χ0v) is 15.8. The van der Waals surface area contributed by atoms with Crippen LogP contribution in [0.5, 0.6) is 0 Å². The van der Waals surface area contributed by atoms with Crippen LogP contribution in [0.1, 0.15) is 41.0 Å². The minimum Gasteiger partial charge on any atom is -0.342 e. The number of nitrogens with zero attached hydrogens (tertiary/aromatic N) is 5. The molecule has 4 rings (SSSR count). The zero-order chi connectivity index (χ0) is 19.0. The summed E-state index contributed by atoms with van der Waals surface area (Å²) in [5, 5.41) is 8.49. The summed E-state index contributed by atoms with van der Waals surface area (Å²) in [7, 11) is 0. The standard InChI is InChI=1S/C20H23N5O2/c1-13-18(14(2)25(22-13)17-7-5-4-6-8-17)11-19(26)24-10-9-16(12-24)20-21-15(3)23-27-20/h4-8,16H,9-12H2,1-3H3/t16-/m0/s1. The van der Waals surface area contributed by atoms with E-state index in [2.05, 4.69) is 15.2 Å². The molecular formula is C20H23N5O2. The first kappa shape index (κ1) is 17.5. The van der Waals surface area contributed by atoms with Crippen molar-refractivity contribution in [1.82, 2.24) is 24.8 Å². The van der Waals surface area contributed by atoms with Gasteiger partial charge in [-0.15, -0.1) is 0 Å². The Labute approximate surface area is 158 Å². The van der Waals surface area contributed by atoms with Gasteiger partial charge < -0.3 is 9.42 Å². The minimum absolute atomic E-state index is 0.118. The van der Waals surface area contributed by atoms with Crippen LogP contribution in [-0.2, 0) is 11.2 Å². The van der Waals surface area contributed by atoms with Gasteiger partial charge in [0.25, 0.3) is 0 Å². The van der Waals surface area contributed by atoms with Gasteiger partial charge in [0.15, 0.2) is 5.82 Å². The number of carbonyl (C=O) groups excluding carboxylic acids is 1. The van der Waals surface area contributed by atoms with Crippen LogP contribution in [0.25, 0.3) is 5.69 Å². The van der Waals surface area contributed by atoms with Crippen LogP contribution in [-0.4, -0.2) is 43.8 Å². The Morgan fingerprint density at radius 3 is 2.70 bits per heavy atom. The average Bonchev–Trinajstić information content (AvgIpc) is 3.38. The third-order valence-corrected chi connectivity index (χ3v) is 5.20. The highest BCUT2D eigenvalue weighted by atomic mass is 16.5. The van der Waals surface area contributed by atoms with Crippen LogP contribution in [0.2, 0.25) is 0 Å². The Morgan fingerprint density at radius 2 is 2.00 bits per heavy atom. The van der Waals surface area contributed by atoms with E-state index in [4.69, 9.17) is 4.52 Å². The largest absolute Gasteiger partial charge is 0.342 e. The van der Waals surface area contributed by atoms with E-state index >= 15 is 0 Å². The number of amides is 1. The Kier molecular flexibility index (Phi) is 4.51. The molecule has 0 bridgehead atoms. The second-order valence-electron chi connectivity index (χ2n) is 7.08. The smallest absolute Gasteiger partial charge is 0.231 e. The van der Waals surface area contributed by atoms with E-state index in [0.717, 1.165) is 35.6 Å². The van der Waals surface area contributed by atoms with Crippen molar-refractivity contribution < 1.29 is 9.32 Å². The molecule has 0 N–H and O–H groups in total. The molecular weight excluding hydrogens is 342 g/mol. The monoisotopic (exact) mass is 365 g/mol. The number of carbonyl (C=O) groups is 1. The maximum absolute atomic E-state index is 12.9. The van der Waals surface area contributed by atoms with Gasteiger partial charge >= 0.3 is 0 Å². The van der Waals surface area contributed by atoms with Crippen molar-refractivity contribution in [2.75, 3.05) is 13.1 Å². The van der Waals surface area contributed by atoms with E-state index in [1.165, 1.54) is 0 Å². The lowest BCUT2D eigenvalue weighted by molar-refractivity contribution is -0.129. The fraction of sp³-hybridized carbons (Fsp3) is 0.400. The maximum atomic E-state index is 12.9. The Hall–Kier alpha value is -2.96. The van der Waals surface area contributed by atoms with E-state index in [0.29, 0.717) is 24.7 Å². The normalized spacial score (nSPS) is 16.9. The number of aromatic nitrogens is 4. The fourth-order valence-corrected chi connectivity index (χ4v) is 3.68. The first-order valence-corrected chi connectivity index (χ1v) is 9.21. The van der Waals surface area contributed by atoms with Gasteiger partial charge in [0.2, 0.25) is 11.8 Å². The number of likely N-dealkylation sites (tertiary alicyclic amines) is 1. The summed E-state index contributed by atoms with van der Waals surface area (Å²) in [5.74, 6) is 1.51. The van der Waals surface area contributed by atoms with Crippen LogP contribution in [0.15, 0.2) is 34.9 Å². The predicted molar refractivity (Wildman–Crippen MR) is 99.7 cm³/mol. The molecule has 1 amide bonds. The molecule has 27 heavy (non-hydrogen) atoms. The first-order chi connectivity index (χ1) is 13.0. The molecule has 1 aliphatic rings. The van der Waals surface area contributed by atoms with Gasteiger partial charge in [-0.05, 0) is 39.3 Å². The predicted octanol–water partition coefficient (Wildman–Crippen LogP) is 2.74. The lowest BCUT2D eigenvalue weighted by Crippen LogP contribution is -2.30. The summed E-state index contributed by atoms with van der Waals surface area (Å²) in [4.78, 5) is 19.1. The van der Waals surface area contributed by atoms with Crippen molar-refractivity contribution >= 4 is 5.91 Å². The van der Waals surface area contributed by atoms with Crippen LogP contribution < -0.4 is 0 Å². The quantitative estimate of drug-likeness (QED) is 0.710. The first-order valence-electron chi connectivity index (χ1n) is 9.21. The molecule has 0 aliphatic carbocycles. The summed E-state index contributed by atoms with van der Waals surface area (Å²) in [5.41, 5.74) is 3.91. The molecule has 3 aromatic rings. The molecule has 1 atom stereocenters. The van der Waals surface area contributed by atoms with Gasteiger partial charge in [0.1, 0.15) is 0 Å². The van der Waals surface area contributed by atoms with E-state index < -0.39 is 0 Å². The minimum atomic E-state index is 0.118. The van der Waals surface area contributed by atoms with Crippen molar-refractivity contribution in [3.05, 3.63) is 59.0 Å². The molecule has 7 nitrogen and oxygen atoms in total. The molecule has 140 valence electrons. The molecule has 1 fully saturated rings. The van der Waals surface area contributed by atoms with Crippen LogP contribution in [0, 0.1) is 20.8 Å². The van der Waals surface area contributed by atoms with Gasteiger partial charge in [-0.25, -0.2) is 4.68 Å². The molecule has 1 aromatic carbocycles. The van der Waals surface area contributed by atoms with Gasteiger partial charge in [-0.3, -0.25) is 4.79 Å². The van der Waals surface area contributed by atoms with Crippen LogP contribution >= 0.6 is 0 Å². The second-order valence-corrected chi connectivity index (χ2v) is 7.08. The molecule has 0 unspecified atom stereocenters. The number of rotatable bonds is 4. The van der Waals surface area contributed by atoms with Crippen molar-refractivity contribution in [3.8, 4) is 5.69 Å². The van der Waals surface area contributed by atoms with Crippen molar-refractivity contribution in [1.29, 1.82) is 0 Å². The summed E-state index contributed by atoms with van der Waals surface area (Å²) >= 11 is 0. The molecule has 0 spiro atoms. The lowest BCUT2D eigenvalue weighted by atomic mass is 10.1. The van der Waals surface area contributed by atoms with Crippen LogP contribution in [0.3, 0.4) is 0 Å². The molecule has 0 saturated carbocycles. The lowest BCUT2D eigenvalue weighted by Gasteiger charge is -2.16. The number of aryl methyl sites for hydroxylation is 2. The summed E-state index contributed by atoms with van der Waals surface area (Å²) in [6.07, 6.45) is 1.22. The van der Waals surface area contributed by atoms with E-state index in [-0.39, 0.29) is 11.8 Å². The third kappa shape index (κ3) is 3.37. The van der Waals surface area contributed by atoms with Crippen molar-refractivity contribution in [3.63, 3.8) is 0 Å². The second kappa shape index (κ2) is 6.98. The number of hydrogen-bond donors (Lipinski definition) is 0. The number of para-hydroxylation sites is 1. The van der Waals surface area contributed by atoms with Crippen LogP contribution in [0.4, 0.5) is 0 Å². The van der Waals surface area contributed by atoms with Gasteiger partial charge in [0.05, 0.1) is 23.7 Å². The highest BCUT2D eigenvalue weighted by molar-refractivity contribution is 5.79. The molecule has 1 aliphatic heterocycles. The number of benzene rings is 1. The van der Waals surface area contributed by atoms with Gasteiger partial charge in [-0.2, -0.15) is 10.1 Å². The number of hydrogen-bond acceptors (Lipinski definition) is 5. The Morgan fingerprint density at radius 1 is 1.22 bits per heavy atom. The van der Waals surface area contributed by atoms with Gasteiger partial charge in [-0.1, -0.05) is 23.4 Å². The highest BCUT2D eigenvalue weighted by Gasteiger charge is 2.31. The summed E-state index contributed by atoms with van der Waals surface area (Å²) in [6.45, 7) is 7.13. The van der Waals surface area contributed by atoms with E-state index in [1.807, 2.05) is 53.8 Å². The molecule has 0 radical (unpaired) electrons. The topological polar surface area (TPSA) is 77.0 Å². The van der Waals surface area contributed by atoms with Crippen molar-refractivity contribution in [2.24, 2.45) is 0 Å². The molecule has 1 saturated heterocycles. The summed E-state index contributed by atoms with van der Waals surface area (Å²) in [6, 6.07) is 9.99.